The Labute approximate surface area is 154 Å². The second-order valence-corrected chi connectivity index (χ2v) is 7.56. The van der Waals surface area contributed by atoms with Gasteiger partial charge in [0.15, 0.2) is 0 Å². The van der Waals surface area contributed by atoms with Gasteiger partial charge in [0, 0.05) is 11.6 Å². The molecule has 2 fully saturated rings. The Kier molecular flexibility index (Phi) is 5.81. The molecule has 0 spiro atoms. The molecule has 6 nitrogen and oxygen atoms in total. The number of hydrogen-bond acceptors (Lipinski definition) is 4. The van der Waals surface area contributed by atoms with Crippen LogP contribution in [0.2, 0.25) is 0 Å². The molecule has 142 valence electrons. The Hall–Kier alpha value is -2.08. The summed E-state index contributed by atoms with van der Waals surface area (Å²) < 4.78 is 5.36. The van der Waals surface area contributed by atoms with Crippen molar-refractivity contribution in [1.29, 1.82) is 0 Å². The highest BCUT2D eigenvalue weighted by molar-refractivity contribution is 6.00. The van der Waals surface area contributed by atoms with Crippen molar-refractivity contribution in [3.8, 4) is 5.75 Å². The van der Waals surface area contributed by atoms with E-state index in [4.69, 9.17) is 10.5 Å². The minimum Gasteiger partial charge on any atom is -0.495 e. The molecule has 2 saturated carbocycles. The third-order valence-electron chi connectivity index (χ3n) is 5.64. The van der Waals surface area contributed by atoms with Gasteiger partial charge in [0.05, 0.1) is 18.3 Å². The average molecular weight is 359 g/mol. The molecule has 2 aliphatic rings. The van der Waals surface area contributed by atoms with Gasteiger partial charge in [-0.1, -0.05) is 32.1 Å². The van der Waals surface area contributed by atoms with E-state index in [-0.39, 0.29) is 17.7 Å². The number of rotatable bonds is 5. The van der Waals surface area contributed by atoms with Crippen LogP contribution < -0.4 is 21.1 Å². The fraction of sp³-hybridized carbons (Fsp3) is 0.600. The van der Waals surface area contributed by atoms with Gasteiger partial charge >= 0.3 is 0 Å². The first-order valence-corrected chi connectivity index (χ1v) is 9.61. The Morgan fingerprint density at radius 3 is 2.42 bits per heavy atom. The van der Waals surface area contributed by atoms with Gasteiger partial charge in [-0.15, -0.1) is 0 Å². The minimum atomic E-state index is -0.786. The lowest BCUT2D eigenvalue weighted by molar-refractivity contribution is -0.121. The number of carbonyl (C=O) groups is 2. The van der Waals surface area contributed by atoms with Crippen LogP contribution in [0, 0.1) is 5.92 Å². The molecule has 0 aliphatic heterocycles. The Morgan fingerprint density at radius 1 is 1.08 bits per heavy atom. The third-order valence-corrected chi connectivity index (χ3v) is 5.64. The van der Waals surface area contributed by atoms with E-state index in [1.165, 1.54) is 6.42 Å². The number of methoxy groups -OCH3 is 1. The number of nitrogens with one attached hydrogen (secondary N) is 2. The molecule has 2 aliphatic carbocycles. The van der Waals surface area contributed by atoms with Gasteiger partial charge in [-0.05, 0) is 43.9 Å². The van der Waals surface area contributed by atoms with Crippen LogP contribution in [0.4, 0.5) is 11.4 Å². The van der Waals surface area contributed by atoms with Crippen LogP contribution in [0.1, 0.15) is 57.8 Å². The Bertz CT molecular complexity index is 662. The standard InChI is InChI=1S/C20H29N3O3/c1-26-17-10-9-15(22-19(25)20(21)11-5-6-12-20)13-16(17)23-18(24)14-7-3-2-4-8-14/h9-10,13-14H,2-8,11-12,21H2,1H3,(H,22,25)(H,23,24). The van der Waals surface area contributed by atoms with E-state index in [0.29, 0.717) is 30.0 Å². The van der Waals surface area contributed by atoms with Crippen LogP contribution >= 0.6 is 0 Å². The highest BCUT2D eigenvalue weighted by Crippen LogP contribution is 2.32. The molecule has 1 aromatic carbocycles. The molecule has 0 radical (unpaired) electrons. The van der Waals surface area contributed by atoms with Crippen LogP contribution in [-0.2, 0) is 9.59 Å². The van der Waals surface area contributed by atoms with Crippen molar-refractivity contribution in [2.24, 2.45) is 11.7 Å². The first kappa shape index (κ1) is 18.7. The van der Waals surface area contributed by atoms with E-state index in [1.54, 1.807) is 25.3 Å². The number of benzene rings is 1. The van der Waals surface area contributed by atoms with Gasteiger partial charge in [-0.2, -0.15) is 0 Å². The molecule has 0 unspecified atom stereocenters. The molecule has 4 N–H and O–H groups in total. The number of carbonyl (C=O) groups excluding carboxylic acids is 2. The maximum Gasteiger partial charge on any atom is 0.244 e. The van der Waals surface area contributed by atoms with Crippen LogP contribution in [0.3, 0.4) is 0 Å². The first-order valence-electron chi connectivity index (χ1n) is 9.61. The summed E-state index contributed by atoms with van der Waals surface area (Å²) in [5.41, 5.74) is 6.63. The zero-order valence-corrected chi connectivity index (χ0v) is 15.5. The molecule has 2 amide bonds. The van der Waals surface area contributed by atoms with E-state index in [1.807, 2.05) is 0 Å². The number of anilines is 2. The van der Waals surface area contributed by atoms with Crippen LogP contribution in [0.15, 0.2) is 18.2 Å². The zero-order valence-electron chi connectivity index (χ0n) is 15.5. The molecule has 1 aromatic rings. The van der Waals surface area contributed by atoms with E-state index < -0.39 is 5.54 Å². The lowest BCUT2D eigenvalue weighted by Gasteiger charge is -2.23. The summed E-state index contributed by atoms with van der Waals surface area (Å²) in [5, 5.41) is 5.88. The SMILES string of the molecule is COc1ccc(NC(=O)C2(N)CCCC2)cc1NC(=O)C1CCCCC1. The highest BCUT2D eigenvalue weighted by atomic mass is 16.5. The van der Waals surface area contributed by atoms with Crippen molar-refractivity contribution in [3.05, 3.63) is 18.2 Å². The number of hydrogen-bond donors (Lipinski definition) is 3. The lowest BCUT2D eigenvalue weighted by Crippen LogP contribution is -2.48. The van der Waals surface area contributed by atoms with Crippen molar-refractivity contribution in [1.82, 2.24) is 0 Å². The largest absolute Gasteiger partial charge is 0.495 e. The molecular formula is C20H29N3O3. The fourth-order valence-electron chi connectivity index (χ4n) is 3.97. The molecule has 0 atom stereocenters. The Morgan fingerprint density at radius 2 is 1.77 bits per heavy atom. The van der Waals surface area contributed by atoms with Crippen molar-refractivity contribution in [3.63, 3.8) is 0 Å². The van der Waals surface area contributed by atoms with Gasteiger partial charge in [-0.25, -0.2) is 0 Å². The quantitative estimate of drug-likeness (QED) is 0.751. The maximum atomic E-state index is 12.6. The van der Waals surface area contributed by atoms with Crippen molar-refractivity contribution in [2.45, 2.75) is 63.3 Å². The molecular weight excluding hydrogens is 330 g/mol. The summed E-state index contributed by atoms with van der Waals surface area (Å²) in [6, 6.07) is 5.27. The van der Waals surface area contributed by atoms with Gasteiger partial charge in [0.1, 0.15) is 5.75 Å². The van der Waals surface area contributed by atoms with Crippen LogP contribution in [0.25, 0.3) is 0 Å². The summed E-state index contributed by atoms with van der Waals surface area (Å²) in [7, 11) is 1.57. The second kappa shape index (κ2) is 8.08. The zero-order chi connectivity index (χ0) is 18.6. The molecule has 26 heavy (non-hydrogen) atoms. The molecule has 0 heterocycles. The highest BCUT2D eigenvalue weighted by Gasteiger charge is 2.37. The summed E-state index contributed by atoms with van der Waals surface area (Å²) >= 11 is 0. The fourth-order valence-corrected chi connectivity index (χ4v) is 3.97. The molecule has 3 rings (SSSR count). The second-order valence-electron chi connectivity index (χ2n) is 7.56. The van der Waals surface area contributed by atoms with Crippen LogP contribution in [0.5, 0.6) is 5.75 Å². The molecule has 0 aromatic heterocycles. The predicted octanol–water partition coefficient (Wildman–Crippen LogP) is 3.42. The number of nitrogens with two attached hydrogens (primary N) is 1. The summed E-state index contributed by atoms with van der Waals surface area (Å²) in [6.45, 7) is 0. The molecule has 0 saturated heterocycles. The predicted molar refractivity (Wildman–Crippen MR) is 102 cm³/mol. The van der Waals surface area contributed by atoms with Gasteiger partial charge in [-0.3, -0.25) is 9.59 Å². The van der Waals surface area contributed by atoms with E-state index in [9.17, 15) is 9.59 Å². The van der Waals surface area contributed by atoms with Gasteiger partial charge in [0.25, 0.3) is 0 Å². The van der Waals surface area contributed by atoms with Crippen molar-refractivity contribution >= 4 is 23.2 Å². The topological polar surface area (TPSA) is 93.4 Å². The number of ether oxygens (including phenoxy) is 1. The maximum absolute atomic E-state index is 12.6. The summed E-state index contributed by atoms with van der Waals surface area (Å²) in [4.78, 5) is 25.1. The normalized spacial score (nSPS) is 19.8. The van der Waals surface area contributed by atoms with Crippen molar-refractivity contribution < 1.29 is 14.3 Å². The first-order chi connectivity index (χ1) is 12.5. The monoisotopic (exact) mass is 359 g/mol. The molecule has 0 bridgehead atoms. The lowest BCUT2D eigenvalue weighted by atomic mass is 9.88. The van der Waals surface area contributed by atoms with Gasteiger partial charge < -0.3 is 21.1 Å². The summed E-state index contributed by atoms with van der Waals surface area (Å²) in [5.74, 6) is 0.496. The molecule has 6 heteroatoms. The summed E-state index contributed by atoms with van der Waals surface area (Å²) in [6.07, 6.45) is 8.65. The van der Waals surface area contributed by atoms with Crippen molar-refractivity contribution in [2.75, 3.05) is 17.7 Å². The van der Waals surface area contributed by atoms with E-state index >= 15 is 0 Å². The average Bonchev–Trinajstić information content (AvgIpc) is 3.11. The van der Waals surface area contributed by atoms with Crippen LogP contribution in [-0.4, -0.2) is 24.5 Å². The Balaban J connectivity index is 1.71. The smallest absolute Gasteiger partial charge is 0.244 e. The number of amides is 2. The van der Waals surface area contributed by atoms with Gasteiger partial charge in [0.2, 0.25) is 11.8 Å². The third kappa shape index (κ3) is 4.18. The van der Waals surface area contributed by atoms with E-state index in [2.05, 4.69) is 10.6 Å². The minimum absolute atomic E-state index is 0.0255. The van der Waals surface area contributed by atoms with E-state index in [0.717, 1.165) is 38.5 Å².